The highest BCUT2D eigenvalue weighted by atomic mass is 16.5. The van der Waals surface area contributed by atoms with Crippen molar-refractivity contribution in [3.63, 3.8) is 0 Å². The van der Waals surface area contributed by atoms with Crippen LogP contribution in [0, 0.1) is 0 Å². The summed E-state index contributed by atoms with van der Waals surface area (Å²) in [5.41, 5.74) is 0.635. The van der Waals surface area contributed by atoms with Crippen LogP contribution in [0.2, 0.25) is 0 Å². The first-order chi connectivity index (χ1) is 17.3. The molecule has 12 heteroatoms. The average molecular weight is 492 g/mol. The number of rotatable bonds is 10. The quantitative estimate of drug-likeness (QED) is 0.315. The number of ketones is 1. The Hall–Kier alpha value is -4.58. The fourth-order valence-corrected chi connectivity index (χ4v) is 3.07. The number of nitrogens with one attached hydrogen (secondary N) is 1. The van der Waals surface area contributed by atoms with Crippen LogP contribution in [-0.4, -0.2) is 54.4 Å². The molecule has 0 aliphatic heterocycles. The fourth-order valence-electron chi connectivity index (χ4n) is 3.07. The third-order valence-electron chi connectivity index (χ3n) is 4.88. The number of anilines is 1. The summed E-state index contributed by atoms with van der Waals surface area (Å²) in [5, 5.41) is 19.9. The molecule has 2 N–H and O–H groups in total. The van der Waals surface area contributed by atoms with Crippen LogP contribution in [0.15, 0.2) is 53.3 Å². The lowest BCUT2D eigenvalue weighted by atomic mass is 10.2. The number of hydrogen-bond acceptors (Lipinski definition) is 10. The molecule has 1 atom stereocenters. The number of aliphatic hydroxyl groups excluding tert-OH is 1. The van der Waals surface area contributed by atoms with Crippen molar-refractivity contribution in [1.82, 2.24) is 24.9 Å². The molecule has 0 fully saturated rings. The predicted octanol–water partition coefficient (Wildman–Crippen LogP) is 3.26. The van der Waals surface area contributed by atoms with Gasteiger partial charge < -0.3 is 24.4 Å². The van der Waals surface area contributed by atoms with Crippen molar-refractivity contribution in [2.75, 3.05) is 11.9 Å². The van der Waals surface area contributed by atoms with E-state index in [4.69, 9.17) is 14.0 Å². The van der Waals surface area contributed by atoms with Crippen molar-refractivity contribution in [3.05, 3.63) is 60.2 Å². The van der Waals surface area contributed by atoms with Gasteiger partial charge in [0, 0.05) is 37.4 Å². The van der Waals surface area contributed by atoms with Gasteiger partial charge in [-0.3, -0.25) is 14.3 Å². The van der Waals surface area contributed by atoms with Crippen LogP contribution in [0.3, 0.4) is 0 Å². The maximum absolute atomic E-state index is 12.8. The molecule has 12 nitrogen and oxygen atoms in total. The third-order valence-corrected chi connectivity index (χ3v) is 4.88. The molecule has 0 aliphatic rings. The van der Waals surface area contributed by atoms with E-state index in [1.54, 1.807) is 68.2 Å². The number of aryl methyl sites for hydroxylation is 1. The zero-order valence-electron chi connectivity index (χ0n) is 19.8. The van der Waals surface area contributed by atoms with Gasteiger partial charge in [0.2, 0.25) is 11.6 Å². The zero-order valence-corrected chi connectivity index (χ0v) is 19.8. The highest BCUT2D eigenvalue weighted by Crippen LogP contribution is 2.29. The second kappa shape index (κ2) is 10.8. The van der Waals surface area contributed by atoms with Crippen LogP contribution in [-0.2, 0) is 7.05 Å². The van der Waals surface area contributed by atoms with Crippen LogP contribution in [0.25, 0.3) is 11.6 Å². The normalized spacial score (nSPS) is 11.7. The lowest BCUT2D eigenvalue weighted by molar-refractivity contribution is 0.0974. The van der Waals surface area contributed by atoms with Gasteiger partial charge in [-0.2, -0.15) is 10.1 Å². The van der Waals surface area contributed by atoms with Gasteiger partial charge in [-0.1, -0.05) is 12.1 Å². The smallest absolute Gasteiger partial charge is 0.276 e. The third kappa shape index (κ3) is 5.91. The first kappa shape index (κ1) is 24.5. The first-order valence-electron chi connectivity index (χ1n) is 11.1. The average Bonchev–Trinajstić information content (AvgIpc) is 3.53. The maximum Gasteiger partial charge on any atom is 0.276 e. The number of amides is 1. The van der Waals surface area contributed by atoms with Gasteiger partial charge in [0.25, 0.3) is 11.8 Å². The predicted molar refractivity (Wildman–Crippen MR) is 127 cm³/mol. The van der Waals surface area contributed by atoms with E-state index < -0.39 is 12.0 Å². The number of ether oxygens (including phenoxy) is 2. The minimum absolute atomic E-state index is 0.0000536. The van der Waals surface area contributed by atoms with Gasteiger partial charge in [-0.15, -0.1) is 0 Å². The Balaban J connectivity index is 1.55. The highest BCUT2D eigenvalue weighted by Gasteiger charge is 2.16. The van der Waals surface area contributed by atoms with E-state index in [9.17, 15) is 14.7 Å². The van der Waals surface area contributed by atoms with Crippen molar-refractivity contribution in [1.29, 1.82) is 0 Å². The molecule has 0 aliphatic carbocycles. The molecule has 3 heterocycles. The molecule has 0 spiro atoms. The SMILES string of the molecule is CCC(=O)c1noc(-c2ccc(Oc3cc(O[C@@H](C)CO)cc(C(=O)Nc4ccn(C)n4)c3)cn2)n1. The molecule has 0 unspecified atom stereocenters. The molecule has 186 valence electrons. The summed E-state index contributed by atoms with van der Waals surface area (Å²) >= 11 is 0. The molecule has 0 radical (unpaired) electrons. The van der Waals surface area contributed by atoms with Crippen molar-refractivity contribution in [2.24, 2.45) is 7.05 Å². The van der Waals surface area contributed by atoms with Crippen LogP contribution < -0.4 is 14.8 Å². The van der Waals surface area contributed by atoms with Crippen molar-refractivity contribution in [3.8, 4) is 28.8 Å². The molecule has 0 saturated heterocycles. The van der Waals surface area contributed by atoms with E-state index in [1.807, 2.05) is 0 Å². The van der Waals surface area contributed by atoms with Crippen LogP contribution >= 0.6 is 0 Å². The number of benzene rings is 1. The first-order valence-corrected chi connectivity index (χ1v) is 11.1. The summed E-state index contributed by atoms with van der Waals surface area (Å²) in [6, 6.07) is 9.59. The Labute approximate surface area is 205 Å². The summed E-state index contributed by atoms with van der Waals surface area (Å²) in [6.45, 7) is 3.20. The standard InChI is InChI=1S/C24H24N6O6/c1-4-20(32)22-27-24(36-29-22)19-6-5-16(12-25-19)35-18-10-15(9-17(11-18)34-14(2)13-31)23(33)26-21-7-8-30(3)28-21/h5-12,14,31H,4,13H2,1-3H3,(H,26,28,33)/t14-/m0/s1. The van der Waals surface area contributed by atoms with Gasteiger partial charge in [0.15, 0.2) is 5.82 Å². The number of Topliss-reactive ketones (excluding diaryl/α,β-unsaturated/α-hetero) is 1. The fraction of sp³-hybridized carbons (Fsp3) is 0.250. The van der Waals surface area contributed by atoms with E-state index >= 15 is 0 Å². The monoisotopic (exact) mass is 492 g/mol. The summed E-state index contributed by atoms with van der Waals surface area (Å²) < 4.78 is 18.3. The lowest BCUT2D eigenvalue weighted by Gasteiger charge is -2.15. The van der Waals surface area contributed by atoms with Crippen molar-refractivity contribution in [2.45, 2.75) is 26.4 Å². The number of nitrogens with zero attached hydrogens (tertiary/aromatic N) is 5. The largest absolute Gasteiger partial charge is 0.488 e. The number of aromatic nitrogens is 5. The number of carbonyl (C=O) groups excluding carboxylic acids is 2. The van der Waals surface area contributed by atoms with Gasteiger partial charge in [-0.25, -0.2) is 4.98 Å². The van der Waals surface area contributed by atoms with Crippen LogP contribution in [0.5, 0.6) is 17.2 Å². The number of carbonyl (C=O) groups is 2. The molecule has 1 amide bonds. The Morgan fingerprint density at radius 3 is 2.64 bits per heavy atom. The number of pyridine rings is 1. The Morgan fingerprint density at radius 2 is 1.97 bits per heavy atom. The van der Waals surface area contributed by atoms with E-state index in [1.165, 1.54) is 6.20 Å². The summed E-state index contributed by atoms with van der Waals surface area (Å²) in [4.78, 5) is 32.9. The topological polar surface area (TPSA) is 154 Å². The second-order valence-electron chi connectivity index (χ2n) is 7.81. The molecule has 4 rings (SSSR count). The van der Waals surface area contributed by atoms with E-state index in [2.05, 4.69) is 25.5 Å². The minimum atomic E-state index is -0.494. The molecule has 1 aromatic carbocycles. The van der Waals surface area contributed by atoms with Gasteiger partial charge in [0.05, 0.1) is 12.8 Å². The lowest BCUT2D eigenvalue weighted by Crippen LogP contribution is -2.17. The number of hydrogen-bond donors (Lipinski definition) is 2. The van der Waals surface area contributed by atoms with Gasteiger partial charge >= 0.3 is 0 Å². The zero-order chi connectivity index (χ0) is 25.7. The van der Waals surface area contributed by atoms with E-state index in [-0.39, 0.29) is 36.1 Å². The van der Waals surface area contributed by atoms with Crippen LogP contribution in [0.1, 0.15) is 41.2 Å². The molecule has 4 aromatic rings. The summed E-state index contributed by atoms with van der Waals surface area (Å²) in [6.07, 6.45) is 2.92. The second-order valence-corrected chi connectivity index (χ2v) is 7.81. The van der Waals surface area contributed by atoms with E-state index in [0.29, 0.717) is 28.8 Å². The van der Waals surface area contributed by atoms with E-state index in [0.717, 1.165) is 0 Å². The molecule has 36 heavy (non-hydrogen) atoms. The number of aliphatic hydroxyl groups is 1. The van der Waals surface area contributed by atoms with Crippen molar-refractivity contribution < 1.29 is 28.7 Å². The molecule has 3 aromatic heterocycles. The Kier molecular flexibility index (Phi) is 7.35. The minimum Gasteiger partial charge on any atom is -0.488 e. The van der Waals surface area contributed by atoms with Crippen LogP contribution in [0.4, 0.5) is 5.82 Å². The molecule has 0 saturated carbocycles. The van der Waals surface area contributed by atoms with Gasteiger partial charge in [-0.05, 0) is 31.2 Å². The Morgan fingerprint density at radius 1 is 1.17 bits per heavy atom. The Bertz CT molecular complexity index is 1360. The summed E-state index contributed by atoms with van der Waals surface area (Å²) in [5.74, 6) is 0.876. The molecule has 0 bridgehead atoms. The van der Waals surface area contributed by atoms with Crippen molar-refractivity contribution >= 4 is 17.5 Å². The van der Waals surface area contributed by atoms with Gasteiger partial charge in [0.1, 0.15) is 29.0 Å². The summed E-state index contributed by atoms with van der Waals surface area (Å²) in [7, 11) is 1.74. The maximum atomic E-state index is 12.8. The highest BCUT2D eigenvalue weighted by molar-refractivity contribution is 6.04. The molecular weight excluding hydrogens is 468 g/mol. The molecular formula is C24H24N6O6.